The smallest absolute Gasteiger partial charge is 0.306 e. The fourth-order valence-electron chi connectivity index (χ4n) is 3.12. The van der Waals surface area contributed by atoms with E-state index in [1.54, 1.807) is 22.7 Å². The number of benzene rings is 1. The molecule has 0 aliphatic carbocycles. The van der Waals surface area contributed by atoms with E-state index in [9.17, 15) is 9.59 Å². The molecule has 1 N–H and O–H groups in total. The maximum Gasteiger partial charge on any atom is 0.306 e. The third kappa shape index (κ3) is 4.92. The van der Waals surface area contributed by atoms with Gasteiger partial charge in [-0.2, -0.15) is 5.10 Å². The summed E-state index contributed by atoms with van der Waals surface area (Å²) in [6.07, 6.45) is 0.617. The summed E-state index contributed by atoms with van der Waals surface area (Å²) in [7, 11) is 0. The predicted octanol–water partition coefficient (Wildman–Crippen LogP) is 3.73. The first-order valence-corrected chi connectivity index (χ1v) is 9.66. The molecule has 0 radical (unpaired) electrons. The summed E-state index contributed by atoms with van der Waals surface area (Å²) in [4.78, 5) is 28.6. The number of ether oxygens (including phenoxy) is 1. The molecule has 0 saturated heterocycles. The maximum atomic E-state index is 12.1. The van der Waals surface area contributed by atoms with Gasteiger partial charge in [-0.05, 0) is 57.4 Å². The van der Waals surface area contributed by atoms with Crippen LogP contribution in [0.5, 0.6) is 0 Å². The highest BCUT2D eigenvalue weighted by atomic mass is 35.5. The summed E-state index contributed by atoms with van der Waals surface area (Å²) in [5.41, 5.74) is 5.91. The first-order valence-electron chi connectivity index (χ1n) is 9.28. The number of aryl methyl sites for hydroxylation is 4. The first-order chi connectivity index (χ1) is 13.7. The zero-order valence-corrected chi connectivity index (χ0v) is 17.6. The molecule has 0 bridgehead atoms. The molecular formula is C21H23ClN4O3. The highest BCUT2D eigenvalue weighted by Crippen LogP contribution is 2.20. The van der Waals surface area contributed by atoms with Crippen molar-refractivity contribution in [2.24, 2.45) is 0 Å². The number of rotatable bonds is 6. The van der Waals surface area contributed by atoms with Crippen LogP contribution in [0.2, 0.25) is 5.02 Å². The Labute approximate surface area is 174 Å². The van der Waals surface area contributed by atoms with Crippen molar-refractivity contribution in [1.82, 2.24) is 14.6 Å². The van der Waals surface area contributed by atoms with Gasteiger partial charge in [-0.25, -0.2) is 9.50 Å². The molecule has 3 aromatic rings. The number of carbonyl (C=O) groups is 2. The molecule has 29 heavy (non-hydrogen) atoms. The topological polar surface area (TPSA) is 85.6 Å². The number of halogens is 1. The molecule has 0 atom stereocenters. The molecule has 2 aromatic heterocycles. The lowest BCUT2D eigenvalue weighted by Crippen LogP contribution is -2.21. The molecule has 0 unspecified atom stereocenters. The number of aromatic nitrogens is 3. The van der Waals surface area contributed by atoms with Crippen LogP contribution >= 0.6 is 11.6 Å². The number of hydrogen-bond donors (Lipinski definition) is 1. The maximum absolute atomic E-state index is 12.1. The van der Waals surface area contributed by atoms with Crippen molar-refractivity contribution in [2.45, 2.75) is 40.5 Å². The number of carbonyl (C=O) groups excluding carboxylic acids is 2. The van der Waals surface area contributed by atoms with Crippen LogP contribution in [0.15, 0.2) is 24.3 Å². The molecule has 0 aliphatic rings. The molecule has 0 aliphatic heterocycles. The Balaban J connectivity index is 1.54. The molecular weight excluding hydrogens is 392 g/mol. The van der Waals surface area contributed by atoms with Gasteiger partial charge in [0.1, 0.15) is 0 Å². The van der Waals surface area contributed by atoms with Crippen molar-refractivity contribution < 1.29 is 14.3 Å². The molecule has 0 spiro atoms. The van der Waals surface area contributed by atoms with Gasteiger partial charge in [-0.1, -0.05) is 17.7 Å². The van der Waals surface area contributed by atoms with E-state index in [1.165, 1.54) is 0 Å². The van der Waals surface area contributed by atoms with Gasteiger partial charge in [-0.15, -0.1) is 0 Å². The van der Waals surface area contributed by atoms with Gasteiger partial charge in [0, 0.05) is 34.6 Å². The summed E-state index contributed by atoms with van der Waals surface area (Å²) in [6.45, 7) is 7.30. The van der Waals surface area contributed by atoms with Gasteiger partial charge in [0.2, 0.25) is 0 Å². The van der Waals surface area contributed by atoms with Gasteiger partial charge >= 0.3 is 5.97 Å². The summed E-state index contributed by atoms with van der Waals surface area (Å²) >= 11 is 6.04. The van der Waals surface area contributed by atoms with E-state index in [0.29, 0.717) is 17.1 Å². The van der Waals surface area contributed by atoms with Crippen molar-refractivity contribution in [3.63, 3.8) is 0 Å². The van der Waals surface area contributed by atoms with Crippen molar-refractivity contribution >= 4 is 34.8 Å². The van der Waals surface area contributed by atoms with Gasteiger partial charge in [0.05, 0.1) is 5.69 Å². The fraction of sp³-hybridized carbons (Fsp3) is 0.333. The van der Waals surface area contributed by atoms with Gasteiger partial charge < -0.3 is 10.1 Å². The average Bonchev–Trinajstić information content (AvgIpc) is 3.03. The van der Waals surface area contributed by atoms with Gasteiger partial charge in [-0.3, -0.25) is 9.59 Å². The Morgan fingerprint density at radius 1 is 1.17 bits per heavy atom. The number of hydrogen-bond acceptors (Lipinski definition) is 5. The normalized spacial score (nSPS) is 10.9. The number of nitrogens with zero attached hydrogens (tertiary/aromatic N) is 3. The van der Waals surface area contributed by atoms with Gasteiger partial charge in [0.15, 0.2) is 12.3 Å². The molecule has 152 valence electrons. The zero-order chi connectivity index (χ0) is 21.1. The molecule has 1 amide bonds. The number of fused-ring (bicyclic) bond motifs is 1. The quantitative estimate of drug-likeness (QED) is 0.621. The second-order valence-corrected chi connectivity index (χ2v) is 7.40. The Morgan fingerprint density at radius 3 is 2.66 bits per heavy atom. The Bertz CT molecular complexity index is 1090. The van der Waals surface area contributed by atoms with Crippen LogP contribution in [0.1, 0.15) is 34.6 Å². The summed E-state index contributed by atoms with van der Waals surface area (Å²) in [5, 5.41) is 7.64. The van der Waals surface area contributed by atoms with Crippen LogP contribution < -0.4 is 5.32 Å². The number of amides is 1. The van der Waals surface area contributed by atoms with Gasteiger partial charge in [0.25, 0.3) is 5.91 Å². The van der Waals surface area contributed by atoms with Crippen molar-refractivity contribution in [2.75, 3.05) is 11.9 Å². The molecule has 7 nitrogen and oxygen atoms in total. The fourth-order valence-corrected chi connectivity index (χ4v) is 3.30. The van der Waals surface area contributed by atoms with E-state index in [0.717, 1.165) is 33.9 Å². The number of nitrogens with one attached hydrogen (secondary N) is 1. The van der Waals surface area contributed by atoms with Crippen LogP contribution in [0.4, 0.5) is 5.69 Å². The molecule has 8 heteroatoms. The van der Waals surface area contributed by atoms with E-state index in [1.807, 2.05) is 33.8 Å². The summed E-state index contributed by atoms with van der Waals surface area (Å²) in [5.74, 6) is -0.863. The van der Waals surface area contributed by atoms with E-state index >= 15 is 0 Å². The largest absolute Gasteiger partial charge is 0.456 e. The third-order valence-electron chi connectivity index (χ3n) is 4.69. The standard InChI is InChI=1S/C21H23ClN4O3/c1-12-5-6-16(10-18(12)22)24-20(27)11-29-21(28)8-7-17-14(3)23-19-9-13(2)25-26(19)15(17)4/h5-6,9-10H,7-8,11H2,1-4H3,(H,24,27). The number of anilines is 1. The second kappa shape index (κ2) is 8.61. The molecule has 3 rings (SSSR count). The summed E-state index contributed by atoms with van der Waals surface area (Å²) in [6, 6.07) is 7.12. The SMILES string of the molecule is Cc1cc2nc(C)c(CCC(=O)OCC(=O)Nc3ccc(C)c(Cl)c3)c(C)n2n1. The van der Waals surface area contributed by atoms with E-state index in [2.05, 4.69) is 15.4 Å². The predicted molar refractivity (Wildman–Crippen MR) is 111 cm³/mol. The van der Waals surface area contributed by atoms with Crippen molar-refractivity contribution in [3.05, 3.63) is 57.5 Å². The molecule has 0 fully saturated rings. The minimum atomic E-state index is -0.447. The second-order valence-electron chi connectivity index (χ2n) is 6.99. The highest BCUT2D eigenvalue weighted by Gasteiger charge is 2.14. The molecule has 2 heterocycles. The lowest BCUT2D eigenvalue weighted by molar-refractivity contribution is -0.147. The lowest BCUT2D eigenvalue weighted by Gasteiger charge is -2.11. The summed E-state index contributed by atoms with van der Waals surface area (Å²) < 4.78 is 6.88. The Kier molecular flexibility index (Phi) is 6.17. The molecule has 1 aromatic carbocycles. The van der Waals surface area contributed by atoms with Crippen LogP contribution in [0.3, 0.4) is 0 Å². The number of esters is 1. The van der Waals surface area contributed by atoms with E-state index in [4.69, 9.17) is 16.3 Å². The van der Waals surface area contributed by atoms with Crippen LogP contribution in [0.25, 0.3) is 5.65 Å². The lowest BCUT2D eigenvalue weighted by atomic mass is 10.1. The van der Waals surface area contributed by atoms with Crippen LogP contribution in [-0.2, 0) is 20.7 Å². The first kappa shape index (κ1) is 20.8. The zero-order valence-electron chi connectivity index (χ0n) is 16.9. The Morgan fingerprint density at radius 2 is 1.93 bits per heavy atom. The van der Waals surface area contributed by atoms with E-state index < -0.39 is 11.9 Å². The van der Waals surface area contributed by atoms with Crippen LogP contribution in [-0.4, -0.2) is 33.1 Å². The van der Waals surface area contributed by atoms with Crippen molar-refractivity contribution in [1.29, 1.82) is 0 Å². The van der Waals surface area contributed by atoms with Crippen molar-refractivity contribution in [3.8, 4) is 0 Å². The highest BCUT2D eigenvalue weighted by molar-refractivity contribution is 6.31. The van der Waals surface area contributed by atoms with E-state index in [-0.39, 0.29) is 13.0 Å². The van der Waals surface area contributed by atoms with Crippen LogP contribution in [0, 0.1) is 27.7 Å². The minimum absolute atomic E-state index is 0.152. The monoisotopic (exact) mass is 414 g/mol. The average molecular weight is 415 g/mol. The molecule has 0 saturated carbocycles. The third-order valence-corrected chi connectivity index (χ3v) is 5.09. The minimum Gasteiger partial charge on any atom is -0.456 e. The Hall–Kier alpha value is -2.93.